The van der Waals surface area contributed by atoms with Gasteiger partial charge in [0.15, 0.2) is 0 Å². The molecule has 0 heterocycles. The van der Waals surface area contributed by atoms with Gasteiger partial charge in [0.25, 0.3) is 0 Å². The zero-order valence-corrected chi connectivity index (χ0v) is 17.8. The Labute approximate surface area is 167 Å². The average Bonchev–Trinajstić information content (AvgIpc) is 0. The first kappa shape index (κ1) is 42.7. The van der Waals surface area contributed by atoms with E-state index in [0.717, 1.165) is 0 Å². The summed E-state index contributed by atoms with van der Waals surface area (Å²) < 4.78 is 0. The first-order valence-corrected chi connectivity index (χ1v) is 0. The standard InChI is InChI=1S/5HI.K.H/h5*1H;;/q;;;;;+1;-1. The van der Waals surface area contributed by atoms with Gasteiger partial charge in [-0.1, -0.05) is 0 Å². The molecule has 6 heteroatoms. The Hall–Kier alpha value is 5.29. The van der Waals surface area contributed by atoms with E-state index in [4.69, 9.17) is 0 Å². The fourth-order valence-corrected chi connectivity index (χ4v) is 0. The smallest absolute Gasteiger partial charge is 1.00 e. The molecule has 0 aromatic carbocycles. The molecule has 0 saturated heterocycles. The quantitative estimate of drug-likeness (QED) is 0.254. The molecule has 0 amide bonds. The van der Waals surface area contributed by atoms with Crippen LogP contribution in [0.4, 0.5) is 0 Å². The Morgan fingerprint density at radius 2 is 0.500 bits per heavy atom. The van der Waals surface area contributed by atoms with Crippen molar-refractivity contribution in [1.82, 2.24) is 0 Å². The summed E-state index contributed by atoms with van der Waals surface area (Å²) in [4.78, 5) is 0. The van der Waals surface area contributed by atoms with Crippen LogP contribution in [0.15, 0.2) is 0 Å². The minimum atomic E-state index is 0. The molecule has 0 unspecified atom stereocenters. The molecule has 0 bridgehead atoms. The van der Waals surface area contributed by atoms with Crippen LogP contribution in [0.2, 0.25) is 0 Å². The molecule has 0 saturated carbocycles. The van der Waals surface area contributed by atoms with Crippen LogP contribution in [0.3, 0.4) is 0 Å². The fourth-order valence-electron chi connectivity index (χ4n) is 0. The van der Waals surface area contributed by atoms with Crippen molar-refractivity contribution in [3.63, 3.8) is 0 Å². The number of halogens is 5. The maximum atomic E-state index is 0. The second kappa shape index (κ2) is 31.7. The van der Waals surface area contributed by atoms with Crippen molar-refractivity contribution in [2.24, 2.45) is 0 Å². The van der Waals surface area contributed by atoms with Crippen molar-refractivity contribution >= 4 is 120 Å². The third-order valence-electron chi connectivity index (χ3n) is 0. The van der Waals surface area contributed by atoms with Crippen molar-refractivity contribution in [2.75, 3.05) is 0 Å². The molecule has 0 atom stereocenters. The van der Waals surface area contributed by atoms with E-state index in [9.17, 15) is 0 Å². The Morgan fingerprint density at radius 1 is 0.500 bits per heavy atom. The summed E-state index contributed by atoms with van der Waals surface area (Å²) in [7, 11) is 0. The summed E-state index contributed by atoms with van der Waals surface area (Å²) in [5.41, 5.74) is 0. The van der Waals surface area contributed by atoms with Crippen LogP contribution in [0, 0.1) is 0 Å². The molecule has 0 aliphatic heterocycles. The van der Waals surface area contributed by atoms with Crippen molar-refractivity contribution in [2.45, 2.75) is 0 Å². The van der Waals surface area contributed by atoms with Gasteiger partial charge in [0, 0.05) is 0 Å². The summed E-state index contributed by atoms with van der Waals surface area (Å²) in [6, 6.07) is 0. The summed E-state index contributed by atoms with van der Waals surface area (Å²) in [6.07, 6.45) is 0. The van der Waals surface area contributed by atoms with Gasteiger partial charge >= 0.3 is 51.4 Å². The first-order valence-electron chi connectivity index (χ1n) is 0. The second-order valence-corrected chi connectivity index (χ2v) is 0. The molecule has 6 heavy (non-hydrogen) atoms. The molecule has 0 nitrogen and oxygen atoms in total. The molecule has 42 valence electrons. The van der Waals surface area contributed by atoms with Gasteiger partial charge in [0.1, 0.15) is 0 Å². The summed E-state index contributed by atoms with van der Waals surface area (Å²) in [5, 5.41) is 0. The van der Waals surface area contributed by atoms with Crippen LogP contribution < -0.4 is 51.4 Å². The monoisotopic (exact) mass is 680 g/mol. The van der Waals surface area contributed by atoms with E-state index >= 15 is 0 Å². The Morgan fingerprint density at radius 3 is 0.500 bits per heavy atom. The van der Waals surface area contributed by atoms with Gasteiger partial charge in [-0.15, -0.1) is 120 Å². The molecule has 0 radical (unpaired) electrons. The molecule has 0 aromatic heterocycles. The Bertz CT molecular complexity index is 8.04. The van der Waals surface area contributed by atoms with Gasteiger partial charge in [-0.05, 0) is 0 Å². The third-order valence-corrected chi connectivity index (χ3v) is 0. The molecule has 0 spiro atoms. The van der Waals surface area contributed by atoms with Crippen molar-refractivity contribution in [3.8, 4) is 0 Å². The van der Waals surface area contributed by atoms with Gasteiger partial charge < -0.3 is 1.43 Å². The average molecular weight is 680 g/mol. The zero-order chi connectivity index (χ0) is 0. The fraction of sp³-hybridized carbons (Fsp3) is 0. The van der Waals surface area contributed by atoms with E-state index in [0.29, 0.717) is 0 Å². The number of rotatable bonds is 0. The van der Waals surface area contributed by atoms with Crippen molar-refractivity contribution in [3.05, 3.63) is 0 Å². The Balaban J connectivity index is 0. The van der Waals surface area contributed by atoms with E-state index in [2.05, 4.69) is 0 Å². The van der Waals surface area contributed by atoms with Crippen LogP contribution in [0.5, 0.6) is 0 Å². The van der Waals surface area contributed by atoms with E-state index < -0.39 is 0 Å². The Kier molecular flexibility index (Phi) is 226. The predicted molar refractivity (Wildman–Crippen MR) is 78.2 cm³/mol. The van der Waals surface area contributed by atoms with Crippen molar-refractivity contribution in [1.29, 1.82) is 0 Å². The molecule has 0 aromatic rings. The largest absolute Gasteiger partial charge is 1.00 e. The van der Waals surface area contributed by atoms with Gasteiger partial charge in [0.2, 0.25) is 0 Å². The first-order chi connectivity index (χ1) is 0. The summed E-state index contributed by atoms with van der Waals surface area (Å²) in [6.45, 7) is 0. The van der Waals surface area contributed by atoms with Crippen LogP contribution in [-0.2, 0) is 0 Å². The van der Waals surface area contributed by atoms with E-state index in [1.165, 1.54) is 0 Å². The maximum Gasteiger partial charge on any atom is 1.00 e. The van der Waals surface area contributed by atoms with E-state index in [1.54, 1.807) is 0 Å². The van der Waals surface area contributed by atoms with Crippen LogP contribution in [0.25, 0.3) is 0 Å². The molecule has 0 rings (SSSR count). The number of hydrogen-bond donors (Lipinski definition) is 0. The van der Waals surface area contributed by atoms with E-state index in [1.807, 2.05) is 0 Å². The topological polar surface area (TPSA) is 0 Å². The van der Waals surface area contributed by atoms with Crippen LogP contribution in [-0.4, -0.2) is 0 Å². The molecular formula is H6I5K. The molecule has 0 fully saturated rings. The minimum absolute atomic E-state index is 0. The predicted octanol–water partition coefficient (Wildman–Crippen LogP) is 0.207. The zero-order valence-electron chi connectivity index (χ0n) is 4.04. The van der Waals surface area contributed by atoms with Gasteiger partial charge in [-0.3, -0.25) is 0 Å². The van der Waals surface area contributed by atoms with Gasteiger partial charge in [-0.2, -0.15) is 0 Å². The maximum absolute atomic E-state index is 0. The SMILES string of the molecule is I.I.I.I.I.[H-].[K+]. The van der Waals surface area contributed by atoms with Crippen LogP contribution in [0.1, 0.15) is 1.43 Å². The normalized spacial score (nSPS) is 0. The van der Waals surface area contributed by atoms with Gasteiger partial charge in [-0.25, -0.2) is 0 Å². The minimum Gasteiger partial charge on any atom is -1.00 e. The van der Waals surface area contributed by atoms with Crippen molar-refractivity contribution < 1.29 is 52.8 Å². The van der Waals surface area contributed by atoms with Gasteiger partial charge in [0.05, 0.1) is 0 Å². The number of hydrogen-bond acceptors (Lipinski definition) is 0. The van der Waals surface area contributed by atoms with E-state index in [-0.39, 0.29) is 173 Å². The molecule has 0 aliphatic carbocycles. The third kappa shape index (κ3) is 22.8. The summed E-state index contributed by atoms with van der Waals surface area (Å²) in [5.74, 6) is 0. The molecule has 0 aliphatic rings. The molecule has 0 N–H and O–H groups in total. The second-order valence-electron chi connectivity index (χ2n) is 0. The molecular weight excluding hydrogens is 674 g/mol. The summed E-state index contributed by atoms with van der Waals surface area (Å²) >= 11 is 0. The van der Waals surface area contributed by atoms with Crippen LogP contribution >= 0.6 is 120 Å².